The summed E-state index contributed by atoms with van der Waals surface area (Å²) in [5.74, 6) is 0.0434. The Labute approximate surface area is 150 Å². The van der Waals surface area contributed by atoms with Crippen LogP contribution in [0.25, 0.3) is 9.40 Å². The molecular formula is C17H23N3O2S2. The molecule has 1 aliphatic heterocycles. The van der Waals surface area contributed by atoms with Gasteiger partial charge in [0.2, 0.25) is 5.91 Å². The Balaban J connectivity index is 1.61. The molecule has 0 aliphatic carbocycles. The van der Waals surface area contributed by atoms with Crippen LogP contribution >= 0.6 is 22.7 Å². The van der Waals surface area contributed by atoms with E-state index in [1.54, 1.807) is 16.2 Å². The lowest BCUT2D eigenvalue weighted by Gasteiger charge is -2.38. The molecule has 1 aliphatic rings. The lowest BCUT2D eigenvalue weighted by atomic mass is 9.86. The molecule has 0 aromatic carbocycles. The first-order valence-electron chi connectivity index (χ1n) is 8.08. The molecular weight excluding hydrogens is 342 g/mol. The van der Waals surface area contributed by atoms with Gasteiger partial charge < -0.3 is 15.5 Å². The summed E-state index contributed by atoms with van der Waals surface area (Å²) >= 11 is 3.19. The molecule has 0 bridgehead atoms. The normalized spacial score (nSPS) is 17.3. The molecule has 0 saturated carbocycles. The smallest absolute Gasteiger partial charge is 0.264 e. The Morgan fingerprint density at radius 2 is 1.75 bits per heavy atom. The van der Waals surface area contributed by atoms with Gasteiger partial charge in [-0.3, -0.25) is 9.59 Å². The Morgan fingerprint density at radius 1 is 1.12 bits per heavy atom. The van der Waals surface area contributed by atoms with E-state index in [0.29, 0.717) is 26.2 Å². The van der Waals surface area contributed by atoms with Gasteiger partial charge in [0.1, 0.15) is 0 Å². The van der Waals surface area contributed by atoms with E-state index in [2.05, 4.69) is 0 Å². The third-order valence-corrected chi connectivity index (χ3v) is 6.51. The summed E-state index contributed by atoms with van der Waals surface area (Å²) in [6.45, 7) is 8.13. The zero-order valence-electron chi connectivity index (χ0n) is 14.2. The first-order valence-corrected chi connectivity index (χ1v) is 9.77. The predicted molar refractivity (Wildman–Crippen MR) is 99.6 cm³/mol. The minimum absolute atomic E-state index is 0.0220. The van der Waals surface area contributed by atoms with Gasteiger partial charge >= 0.3 is 0 Å². The number of rotatable bonds is 2. The fraction of sp³-hybridized carbons (Fsp3) is 0.529. The Morgan fingerprint density at radius 3 is 2.33 bits per heavy atom. The summed E-state index contributed by atoms with van der Waals surface area (Å²) in [6, 6.07) is 3.51. The number of fused-ring (bicyclic) bond motifs is 1. The topological polar surface area (TPSA) is 66.6 Å². The number of hydrogen-bond acceptors (Lipinski definition) is 5. The highest BCUT2D eigenvalue weighted by atomic mass is 32.1. The Kier molecular flexibility index (Phi) is 4.68. The molecule has 2 aromatic heterocycles. The van der Waals surface area contributed by atoms with Crippen molar-refractivity contribution >= 4 is 43.9 Å². The van der Waals surface area contributed by atoms with E-state index in [4.69, 9.17) is 5.73 Å². The second-order valence-corrected chi connectivity index (χ2v) is 9.25. The van der Waals surface area contributed by atoms with Gasteiger partial charge in [-0.05, 0) is 22.9 Å². The Hall–Kier alpha value is -1.44. The SMILES string of the molecule is CC(C)(C)[C@H](N)C(=O)N1CCN(C(=O)c2cc3sccc3s2)CC1. The molecule has 2 amide bonds. The molecule has 0 radical (unpaired) electrons. The summed E-state index contributed by atoms with van der Waals surface area (Å²) in [5.41, 5.74) is 5.82. The van der Waals surface area contributed by atoms with Gasteiger partial charge in [0, 0.05) is 35.6 Å². The molecule has 1 saturated heterocycles. The summed E-state index contributed by atoms with van der Waals surface area (Å²) in [5, 5.41) is 2.04. The number of nitrogens with two attached hydrogens (primary N) is 1. The minimum atomic E-state index is -0.510. The van der Waals surface area contributed by atoms with Crippen molar-refractivity contribution in [3.8, 4) is 0 Å². The van der Waals surface area contributed by atoms with Gasteiger partial charge in [-0.2, -0.15) is 0 Å². The van der Waals surface area contributed by atoms with Gasteiger partial charge in [0.25, 0.3) is 5.91 Å². The molecule has 2 N–H and O–H groups in total. The average molecular weight is 366 g/mol. The van der Waals surface area contributed by atoms with E-state index in [1.165, 1.54) is 11.3 Å². The van der Waals surface area contributed by atoms with Crippen LogP contribution in [0, 0.1) is 5.41 Å². The van der Waals surface area contributed by atoms with Crippen LogP contribution in [0.15, 0.2) is 17.5 Å². The molecule has 3 heterocycles. The molecule has 3 rings (SSSR count). The van der Waals surface area contributed by atoms with Crippen LogP contribution in [0.1, 0.15) is 30.4 Å². The van der Waals surface area contributed by atoms with Gasteiger partial charge in [-0.1, -0.05) is 20.8 Å². The van der Waals surface area contributed by atoms with Crippen molar-refractivity contribution in [2.24, 2.45) is 11.1 Å². The van der Waals surface area contributed by atoms with Crippen LogP contribution in [0.4, 0.5) is 0 Å². The van der Waals surface area contributed by atoms with E-state index >= 15 is 0 Å². The lowest BCUT2D eigenvalue weighted by molar-refractivity contribution is -0.136. The van der Waals surface area contributed by atoms with Crippen molar-refractivity contribution < 1.29 is 9.59 Å². The minimum Gasteiger partial charge on any atom is -0.338 e. The molecule has 7 heteroatoms. The van der Waals surface area contributed by atoms with Crippen LogP contribution in [0.2, 0.25) is 0 Å². The van der Waals surface area contributed by atoms with E-state index in [1.807, 2.05) is 43.2 Å². The second kappa shape index (κ2) is 6.46. The van der Waals surface area contributed by atoms with Gasteiger partial charge in [-0.25, -0.2) is 0 Å². The van der Waals surface area contributed by atoms with Gasteiger partial charge in [0.15, 0.2) is 0 Å². The number of nitrogens with zero attached hydrogens (tertiary/aromatic N) is 2. The zero-order chi connectivity index (χ0) is 17.5. The van der Waals surface area contributed by atoms with Crippen molar-refractivity contribution in [1.82, 2.24) is 9.80 Å². The summed E-state index contributed by atoms with van der Waals surface area (Å²) in [4.78, 5) is 29.5. The summed E-state index contributed by atoms with van der Waals surface area (Å²) in [6.07, 6.45) is 0. The van der Waals surface area contributed by atoms with Crippen LogP contribution in [-0.4, -0.2) is 53.8 Å². The lowest BCUT2D eigenvalue weighted by Crippen LogP contribution is -2.56. The number of carbonyl (C=O) groups excluding carboxylic acids is 2. The molecule has 2 aromatic rings. The van der Waals surface area contributed by atoms with Crippen molar-refractivity contribution in [2.45, 2.75) is 26.8 Å². The largest absolute Gasteiger partial charge is 0.338 e. The molecule has 130 valence electrons. The number of carbonyl (C=O) groups is 2. The monoisotopic (exact) mass is 365 g/mol. The zero-order valence-corrected chi connectivity index (χ0v) is 15.9. The maximum absolute atomic E-state index is 12.6. The molecule has 0 unspecified atom stereocenters. The maximum atomic E-state index is 12.6. The highest BCUT2D eigenvalue weighted by molar-refractivity contribution is 7.27. The fourth-order valence-corrected chi connectivity index (χ4v) is 4.80. The van der Waals surface area contributed by atoms with Gasteiger partial charge in [-0.15, -0.1) is 22.7 Å². The number of piperazine rings is 1. The quantitative estimate of drug-likeness (QED) is 0.890. The van der Waals surface area contributed by atoms with Crippen molar-refractivity contribution in [2.75, 3.05) is 26.2 Å². The third kappa shape index (κ3) is 3.34. The van der Waals surface area contributed by atoms with Gasteiger partial charge in [0.05, 0.1) is 10.9 Å². The van der Waals surface area contributed by atoms with Crippen molar-refractivity contribution in [1.29, 1.82) is 0 Å². The van der Waals surface area contributed by atoms with E-state index in [9.17, 15) is 9.59 Å². The van der Waals surface area contributed by atoms with Crippen LogP contribution in [0.5, 0.6) is 0 Å². The van der Waals surface area contributed by atoms with E-state index in [-0.39, 0.29) is 17.2 Å². The second-order valence-electron chi connectivity index (χ2n) is 7.22. The van der Waals surface area contributed by atoms with Crippen molar-refractivity contribution in [3.05, 3.63) is 22.4 Å². The summed E-state index contributed by atoms with van der Waals surface area (Å²) < 4.78 is 2.32. The standard InChI is InChI=1S/C17H23N3O2S2/c1-17(2,3)14(18)16(22)20-7-5-19(6-8-20)15(21)13-10-12-11(24-13)4-9-23-12/h4,9-10,14H,5-8,18H2,1-3H3/t14-/m1/s1. The molecule has 5 nitrogen and oxygen atoms in total. The van der Waals surface area contributed by atoms with Crippen molar-refractivity contribution in [3.63, 3.8) is 0 Å². The number of amides is 2. The average Bonchev–Trinajstić information content (AvgIpc) is 3.13. The van der Waals surface area contributed by atoms with Crippen LogP contribution < -0.4 is 5.73 Å². The Bertz CT molecular complexity index is 723. The third-order valence-electron chi connectivity index (χ3n) is 4.43. The fourth-order valence-electron chi connectivity index (χ4n) is 2.72. The van der Waals surface area contributed by atoms with E-state index in [0.717, 1.165) is 14.3 Å². The predicted octanol–water partition coefficient (Wildman–Crippen LogP) is 2.62. The highest BCUT2D eigenvalue weighted by Gasteiger charge is 2.33. The molecule has 24 heavy (non-hydrogen) atoms. The molecule has 1 fully saturated rings. The van der Waals surface area contributed by atoms with Crippen LogP contribution in [-0.2, 0) is 4.79 Å². The van der Waals surface area contributed by atoms with Crippen LogP contribution in [0.3, 0.4) is 0 Å². The first-order chi connectivity index (χ1) is 11.3. The number of thiophene rings is 2. The maximum Gasteiger partial charge on any atom is 0.264 e. The first kappa shape index (κ1) is 17.4. The highest BCUT2D eigenvalue weighted by Crippen LogP contribution is 2.31. The molecule has 1 atom stereocenters. The number of hydrogen-bond donors (Lipinski definition) is 1. The molecule has 0 spiro atoms. The van der Waals surface area contributed by atoms with E-state index < -0.39 is 6.04 Å². The summed E-state index contributed by atoms with van der Waals surface area (Å²) in [7, 11) is 0.